The minimum atomic E-state index is -0.912. The van der Waals surface area contributed by atoms with Crippen molar-refractivity contribution in [3.8, 4) is 0 Å². The monoisotopic (exact) mass is 312 g/mol. The molecule has 0 aliphatic heterocycles. The number of fused-ring (bicyclic) bond motifs is 1. The number of thioether (sulfide) groups is 1. The third-order valence-electron chi connectivity index (χ3n) is 2.97. The molecular formula is C13H16N2O3S2. The summed E-state index contributed by atoms with van der Waals surface area (Å²) in [5.41, 5.74) is -0.0786. The number of aliphatic carboxylic acids is 1. The molecule has 20 heavy (non-hydrogen) atoms. The summed E-state index contributed by atoms with van der Waals surface area (Å²) in [7, 11) is 0. The van der Waals surface area contributed by atoms with E-state index in [1.807, 2.05) is 12.3 Å². The Hall–Kier alpha value is -1.34. The lowest BCUT2D eigenvalue weighted by atomic mass is 10.2. The Kier molecular flexibility index (Phi) is 4.82. The van der Waals surface area contributed by atoms with Crippen LogP contribution in [0.4, 0.5) is 0 Å². The van der Waals surface area contributed by atoms with Gasteiger partial charge in [0.1, 0.15) is 4.83 Å². The Bertz CT molecular complexity index is 678. The van der Waals surface area contributed by atoms with Gasteiger partial charge < -0.3 is 5.11 Å². The summed E-state index contributed by atoms with van der Waals surface area (Å²) in [5.74, 6) is -1.01. The number of carboxylic acid groups (broad SMARTS) is 1. The van der Waals surface area contributed by atoms with E-state index in [0.29, 0.717) is 15.4 Å². The van der Waals surface area contributed by atoms with Gasteiger partial charge in [-0.05, 0) is 24.8 Å². The van der Waals surface area contributed by atoms with Gasteiger partial charge in [0.05, 0.1) is 11.1 Å². The first-order valence-electron chi connectivity index (χ1n) is 6.39. The number of aromatic nitrogens is 2. The fourth-order valence-electron chi connectivity index (χ4n) is 2.07. The second-order valence-electron chi connectivity index (χ2n) is 4.53. The first-order chi connectivity index (χ1) is 9.54. The van der Waals surface area contributed by atoms with Crippen molar-refractivity contribution in [2.45, 2.75) is 37.9 Å². The summed E-state index contributed by atoms with van der Waals surface area (Å²) < 4.78 is 1.63. The SMILES string of the molecule is CCCC(C)n1c(SCC(=O)O)nc2sccc2c1=O. The number of hydrogen-bond acceptors (Lipinski definition) is 5. The molecule has 1 N–H and O–H groups in total. The molecular weight excluding hydrogens is 296 g/mol. The van der Waals surface area contributed by atoms with Crippen LogP contribution in [-0.4, -0.2) is 26.4 Å². The van der Waals surface area contributed by atoms with E-state index < -0.39 is 5.97 Å². The van der Waals surface area contributed by atoms with Crippen molar-refractivity contribution in [3.63, 3.8) is 0 Å². The van der Waals surface area contributed by atoms with Crippen molar-refractivity contribution in [1.82, 2.24) is 9.55 Å². The zero-order valence-corrected chi connectivity index (χ0v) is 13.0. The fraction of sp³-hybridized carbons (Fsp3) is 0.462. The number of nitrogens with zero attached hydrogens (tertiary/aromatic N) is 2. The molecule has 0 radical (unpaired) electrons. The van der Waals surface area contributed by atoms with Crippen LogP contribution in [0.25, 0.3) is 10.2 Å². The van der Waals surface area contributed by atoms with Gasteiger partial charge in [-0.2, -0.15) is 0 Å². The third kappa shape index (κ3) is 3.04. The Balaban J connectivity index is 2.53. The Morgan fingerprint density at radius 3 is 3.00 bits per heavy atom. The van der Waals surface area contributed by atoms with Gasteiger partial charge in [0.2, 0.25) is 0 Å². The number of hydrogen-bond donors (Lipinski definition) is 1. The van der Waals surface area contributed by atoms with Crippen LogP contribution in [0, 0.1) is 0 Å². The maximum absolute atomic E-state index is 12.5. The fourth-order valence-corrected chi connectivity index (χ4v) is 3.69. The van der Waals surface area contributed by atoms with Crippen molar-refractivity contribution >= 4 is 39.3 Å². The van der Waals surface area contributed by atoms with Crippen LogP contribution in [0.5, 0.6) is 0 Å². The summed E-state index contributed by atoms with van der Waals surface area (Å²) in [6, 6.07) is 1.79. The lowest BCUT2D eigenvalue weighted by molar-refractivity contribution is -0.133. The highest BCUT2D eigenvalue weighted by Crippen LogP contribution is 2.24. The van der Waals surface area contributed by atoms with Crippen LogP contribution in [0.3, 0.4) is 0 Å². The molecule has 0 aliphatic carbocycles. The molecule has 2 heterocycles. The van der Waals surface area contributed by atoms with Crippen molar-refractivity contribution in [1.29, 1.82) is 0 Å². The lowest BCUT2D eigenvalue weighted by Crippen LogP contribution is -2.26. The molecule has 0 saturated carbocycles. The summed E-state index contributed by atoms with van der Waals surface area (Å²) in [6.07, 6.45) is 1.82. The molecule has 2 aromatic heterocycles. The zero-order chi connectivity index (χ0) is 14.7. The van der Waals surface area contributed by atoms with Crippen molar-refractivity contribution < 1.29 is 9.90 Å². The maximum Gasteiger partial charge on any atom is 0.313 e. The van der Waals surface area contributed by atoms with Gasteiger partial charge in [-0.3, -0.25) is 14.2 Å². The maximum atomic E-state index is 12.5. The second kappa shape index (κ2) is 6.41. The quantitative estimate of drug-likeness (QED) is 0.656. The molecule has 5 nitrogen and oxygen atoms in total. The molecule has 0 spiro atoms. The van der Waals surface area contributed by atoms with Crippen LogP contribution in [0.15, 0.2) is 21.4 Å². The predicted octanol–water partition coefficient (Wildman–Crippen LogP) is 3.00. The number of rotatable bonds is 6. The number of carboxylic acids is 1. The molecule has 0 bridgehead atoms. The van der Waals surface area contributed by atoms with E-state index in [2.05, 4.69) is 11.9 Å². The highest BCUT2D eigenvalue weighted by Gasteiger charge is 2.17. The molecule has 1 atom stereocenters. The van der Waals surface area contributed by atoms with E-state index >= 15 is 0 Å². The molecule has 0 amide bonds. The summed E-state index contributed by atoms with van der Waals surface area (Å²) >= 11 is 2.50. The number of thiophene rings is 1. The molecule has 0 aromatic carbocycles. The number of carbonyl (C=O) groups is 1. The summed E-state index contributed by atoms with van der Waals surface area (Å²) in [6.45, 7) is 4.03. The first-order valence-corrected chi connectivity index (χ1v) is 8.25. The third-order valence-corrected chi connectivity index (χ3v) is 4.71. The van der Waals surface area contributed by atoms with Crippen LogP contribution < -0.4 is 5.56 Å². The van der Waals surface area contributed by atoms with Crippen molar-refractivity contribution in [2.24, 2.45) is 0 Å². The minimum Gasteiger partial charge on any atom is -0.481 e. The standard InChI is InChI=1S/C13H16N2O3S2/c1-3-4-8(2)15-12(18)9-5-6-19-11(9)14-13(15)20-7-10(16)17/h5-6,8H,3-4,7H2,1-2H3,(H,16,17). The van der Waals surface area contributed by atoms with E-state index in [9.17, 15) is 9.59 Å². The Labute approximate surface area is 124 Å². The van der Waals surface area contributed by atoms with Gasteiger partial charge in [-0.25, -0.2) is 4.98 Å². The van der Waals surface area contributed by atoms with E-state index in [1.165, 1.54) is 11.3 Å². The summed E-state index contributed by atoms with van der Waals surface area (Å²) in [5, 5.41) is 11.8. The van der Waals surface area contributed by atoms with Gasteiger partial charge in [0.25, 0.3) is 5.56 Å². The van der Waals surface area contributed by atoms with Gasteiger partial charge in [0, 0.05) is 6.04 Å². The average molecular weight is 312 g/mol. The second-order valence-corrected chi connectivity index (χ2v) is 6.37. The Morgan fingerprint density at radius 2 is 2.35 bits per heavy atom. The molecule has 108 valence electrons. The van der Waals surface area contributed by atoms with Gasteiger partial charge in [-0.15, -0.1) is 11.3 Å². The summed E-state index contributed by atoms with van der Waals surface area (Å²) in [4.78, 5) is 28.4. The van der Waals surface area contributed by atoms with Gasteiger partial charge in [0.15, 0.2) is 5.16 Å². The molecule has 2 rings (SSSR count). The van der Waals surface area contributed by atoms with Crippen molar-refractivity contribution in [3.05, 3.63) is 21.8 Å². The van der Waals surface area contributed by atoms with Gasteiger partial charge >= 0.3 is 5.97 Å². The van der Waals surface area contributed by atoms with E-state index in [0.717, 1.165) is 24.6 Å². The largest absolute Gasteiger partial charge is 0.481 e. The van der Waals surface area contributed by atoms with E-state index in [-0.39, 0.29) is 17.4 Å². The molecule has 1 unspecified atom stereocenters. The van der Waals surface area contributed by atoms with Crippen LogP contribution in [-0.2, 0) is 4.79 Å². The molecule has 0 fully saturated rings. The molecule has 7 heteroatoms. The van der Waals surface area contributed by atoms with Crippen LogP contribution in [0.1, 0.15) is 32.7 Å². The normalized spacial score (nSPS) is 12.7. The molecule has 0 saturated heterocycles. The van der Waals surface area contributed by atoms with Gasteiger partial charge in [-0.1, -0.05) is 25.1 Å². The smallest absolute Gasteiger partial charge is 0.313 e. The molecule has 2 aromatic rings. The zero-order valence-electron chi connectivity index (χ0n) is 11.3. The van der Waals surface area contributed by atoms with E-state index in [1.54, 1.807) is 10.6 Å². The highest BCUT2D eigenvalue weighted by molar-refractivity contribution is 7.99. The lowest BCUT2D eigenvalue weighted by Gasteiger charge is -2.17. The van der Waals surface area contributed by atoms with Crippen LogP contribution >= 0.6 is 23.1 Å². The van der Waals surface area contributed by atoms with Crippen LogP contribution in [0.2, 0.25) is 0 Å². The first kappa shape index (κ1) is 15.1. The predicted molar refractivity (Wildman–Crippen MR) is 81.9 cm³/mol. The highest BCUT2D eigenvalue weighted by atomic mass is 32.2. The minimum absolute atomic E-state index is 0.0144. The topological polar surface area (TPSA) is 72.2 Å². The molecule has 0 aliphatic rings. The van der Waals surface area contributed by atoms with Crippen molar-refractivity contribution in [2.75, 3.05) is 5.75 Å². The average Bonchev–Trinajstić information content (AvgIpc) is 2.85. The van der Waals surface area contributed by atoms with E-state index in [4.69, 9.17) is 5.11 Å². The Morgan fingerprint density at radius 1 is 1.60 bits per heavy atom.